The highest BCUT2D eigenvalue weighted by atomic mass is 32.2. The molecule has 4 atom stereocenters. The molecule has 0 N–H and O–H groups in total. The highest BCUT2D eigenvalue weighted by molar-refractivity contribution is 7.85. The van der Waals surface area contributed by atoms with Gasteiger partial charge in [-0.15, -0.1) is 0 Å². The number of carbonyl (C=O) groups excluding carboxylic acids is 1. The van der Waals surface area contributed by atoms with Gasteiger partial charge in [0, 0.05) is 0 Å². The summed E-state index contributed by atoms with van der Waals surface area (Å²) in [6.07, 6.45) is 6.74. The number of hydrogen-bond donors (Lipinski definition) is 0. The standard InChI is InChI=1S/C14H22O5S/c1-18-12(15)14-6-10-3-11(7-14)5-13(4-10,8-14)9-19-20(2,16)17/h10-11H,3-9H2,1-2H3/t10-,11+,13?,14?. The summed E-state index contributed by atoms with van der Waals surface area (Å²) in [6, 6.07) is 0. The van der Waals surface area contributed by atoms with E-state index in [1.54, 1.807) is 0 Å². The van der Waals surface area contributed by atoms with Gasteiger partial charge in [0.25, 0.3) is 10.1 Å². The zero-order valence-electron chi connectivity index (χ0n) is 12.1. The summed E-state index contributed by atoms with van der Waals surface area (Å²) < 4.78 is 32.7. The molecule has 6 heteroatoms. The second kappa shape index (κ2) is 4.44. The summed E-state index contributed by atoms with van der Waals surface area (Å²) in [4.78, 5) is 12.2. The van der Waals surface area contributed by atoms with Gasteiger partial charge in [-0.3, -0.25) is 8.98 Å². The molecule has 4 aliphatic rings. The molecular weight excluding hydrogens is 280 g/mol. The molecule has 114 valence electrons. The lowest BCUT2D eigenvalue weighted by Crippen LogP contribution is -2.56. The van der Waals surface area contributed by atoms with Crippen LogP contribution >= 0.6 is 0 Å². The Morgan fingerprint density at radius 1 is 1.20 bits per heavy atom. The average molecular weight is 302 g/mol. The van der Waals surface area contributed by atoms with E-state index in [0.29, 0.717) is 11.8 Å². The number of carbonyl (C=O) groups is 1. The maximum atomic E-state index is 12.2. The Labute approximate surface area is 120 Å². The Bertz CT molecular complexity index is 510. The number of methoxy groups -OCH3 is 1. The van der Waals surface area contributed by atoms with Gasteiger partial charge >= 0.3 is 5.97 Å². The largest absolute Gasteiger partial charge is 0.469 e. The summed E-state index contributed by atoms with van der Waals surface area (Å²) in [5.41, 5.74) is -0.541. The summed E-state index contributed by atoms with van der Waals surface area (Å²) >= 11 is 0. The van der Waals surface area contributed by atoms with Crippen LogP contribution in [0.3, 0.4) is 0 Å². The number of hydrogen-bond acceptors (Lipinski definition) is 5. The molecule has 0 aliphatic heterocycles. The molecule has 20 heavy (non-hydrogen) atoms. The molecule has 0 aromatic heterocycles. The lowest BCUT2D eigenvalue weighted by Gasteiger charge is -2.60. The zero-order valence-corrected chi connectivity index (χ0v) is 12.9. The maximum absolute atomic E-state index is 12.2. The molecular formula is C14H22O5S. The van der Waals surface area contributed by atoms with Crippen LogP contribution in [0, 0.1) is 22.7 Å². The predicted molar refractivity (Wildman–Crippen MR) is 72.4 cm³/mol. The van der Waals surface area contributed by atoms with Crippen molar-refractivity contribution in [1.82, 2.24) is 0 Å². The van der Waals surface area contributed by atoms with Crippen LogP contribution in [0.2, 0.25) is 0 Å². The van der Waals surface area contributed by atoms with Crippen LogP contribution in [0.1, 0.15) is 38.5 Å². The third-order valence-corrected chi connectivity index (χ3v) is 5.93. The van der Waals surface area contributed by atoms with Crippen molar-refractivity contribution >= 4 is 16.1 Å². The predicted octanol–water partition coefficient (Wildman–Crippen LogP) is 1.72. The highest BCUT2D eigenvalue weighted by Gasteiger charge is 2.61. The van der Waals surface area contributed by atoms with Crippen LogP contribution in [-0.2, 0) is 23.8 Å². The first-order valence-electron chi connectivity index (χ1n) is 7.19. The van der Waals surface area contributed by atoms with Crippen molar-refractivity contribution in [3.8, 4) is 0 Å². The van der Waals surface area contributed by atoms with E-state index in [4.69, 9.17) is 8.92 Å². The SMILES string of the molecule is COC(=O)C12C[C@@H]3C[C@@H](CC(COS(C)(=O)=O)(C3)C1)C2. The van der Waals surface area contributed by atoms with E-state index in [0.717, 1.165) is 38.4 Å². The Kier molecular flexibility index (Phi) is 3.18. The molecule has 4 saturated carbocycles. The molecule has 5 nitrogen and oxygen atoms in total. The fraction of sp³-hybridized carbons (Fsp3) is 0.929. The minimum Gasteiger partial charge on any atom is -0.469 e. The fourth-order valence-corrected chi connectivity index (χ4v) is 5.77. The fourth-order valence-electron chi connectivity index (χ4n) is 5.31. The van der Waals surface area contributed by atoms with Crippen LogP contribution in [0.4, 0.5) is 0 Å². The third-order valence-electron chi connectivity index (χ3n) is 5.38. The number of ether oxygens (including phenoxy) is 1. The second-order valence-electron chi connectivity index (χ2n) is 7.20. The molecule has 0 aromatic rings. The van der Waals surface area contributed by atoms with Gasteiger partial charge in [-0.25, -0.2) is 0 Å². The first kappa shape index (κ1) is 14.3. The van der Waals surface area contributed by atoms with Crippen molar-refractivity contribution in [3.63, 3.8) is 0 Å². The Balaban J connectivity index is 1.85. The molecule has 4 fully saturated rings. The van der Waals surface area contributed by atoms with Crippen LogP contribution in [-0.4, -0.2) is 34.4 Å². The molecule has 0 spiro atoms. The summed E-state index contributed by atoms with van der Waals surface area (Å²) in [5, 5.41) is 0. The van der Waals surface area contributed by atoms with E-state index >= 15 is 0 Å². The molecule has 0 heterocycles. The topological polar surface area (TPSA) is 69.7 Å². The van der Waals surface area contributed by atoms with E-state index < -0.39 is 10.1 Å². The smallest absolute Gasteiger partial charge is 0.311 e. The normalized spacial score (nSPS) is 42.7. The maximum Gasteiger partial charge on any atom is 0.311 e. The quantitative estimate of drug-likeness (QED) is 0.584. The molecule has 0 saturated heterocycles. The van der Waals surface area contributed by atoms with Crippen molar-refractivity contribution in [1.29, 1.82) is 0 Å². The van der Waals surface area contributed by atoms with Crippen molar-refractivity contribution in [2.24, 2.45) is 22.7 Å². The van der Waals surface area contributed by atoms with Gasteiger partial charge < -0.3 is 4.74 Å². The van der Waals surface area contributed by atoms with Crippen molar-refractivity contribution < 1.29 is 22.1 Å². The van der Waals surface area contributed by atoms with E-state index in [1.165, 1.54) is 13.5 Å². The molecule has 0 aromatic carbocycles. The Morgan fingerprint density at radius 3 is 2.30 bits per heavy atom. The van der Waals surface area contributed by atoms with E-state index in [-0.39, 0.29) is 23.4 Å². The first-order chi connectivity index (χ1) is 9.26. The van der Waals surface area contributed by atoms with E-state index in [1.807, 2.05) is 0 Å². The zero-order chi connectivity index (χ0) is 14.6. The van der Waals surface area contributed by atoms with Crippen molar-refractivity contribution in [2.45, 2.75) is 38.5 Å². The van der Waals surface area contributed by atoms with Crippen LogP contribution < -0.4 is 0 Å². The number of rotatable bonds is 4. The Hall–Kier alpha value is -0.620. The minimum atomic E-state index is -3.43. The lowest BCUT2D eigenvalue weighted by atomic mass is 9.44. The molecule has 2 unspecified atom stereocenters. The molecule has 0 radical (unpaired) electrons. The van der Waals surface area contributed by atoms with Crippen LogP contribution in [0.25, 0.3) is 0 Å². The third kappa shape index (κ3) is 2.37. The molecule has 4 bridgehead atoms. The van der Waals surface area contributed by atoms with Crippen molar-refractivity contribution in [2.75, 3.05) is 20.0 Å². The van der Waals surface area contributed by atoms with E-state index in [9.17, 15) is 13.2 Å². The van der Waals surface area contributed by atoms with Crippen LogP contribution in [0.5, 0.6) is 0 Å². The number of esters is 1. The van der Waals surface area contributed by atoms with Gasteiger partial charge in [0.2, 0.25) is 0 Å². The van der Waals surface area contributed by atoms with Gasteiger partial charge in [0.1, 0.15) is 0 Å². The molecule has 4 rings (SSSR count). The van der Waals surface area contributed by atoms with Gasteiger partial charge in [0.05, 0.1) is 25.4 Å². The van der Waals surface area contributed by atoms with Crippen molar-refractivity contribution in [3.05, 3.63) is 0 Å². The summed E-state index contributed by atoms with van der Waals surface area (Å²) in [5.74, 6) is 0.910. The van der Waals surface area contributed by atoms with E-state index in [2.05, 4.69) is 0 Å². The average Bonchev–Trinajstić information content (AvgIpc) is 2.33. The monoisotopic (exact) mass is 302 g/mol. The highest BCUT2D eigenvalue weighted by Crippen LogP contribution is 2.65. The minimum absolute atomic E-state index is 0.115. The summed E-state index contributed by atoms with van der Waals surface area (Å²) in [6.45, 7) is 0.220. The molecule has 4 aliphatic carbocycles. The molecule has 0 amide bonds. The first-order valence-corrected chi connectivity index (χ1v) is 9.00. The second-order valence-corrected chi connectivity index (χ2v) is 8.84. The van der Waals surface area contributed by atoms with Gasteiger partial charge in [-0.05, 0) is 55.8 Å². The summed E-state index contributed by atoms with van der Waals surface area (Å²) in [7, 11) is -1.98. The lowest BCUT2D eigenvalue weighted by molar-refractivity contribution is -0.180. The van der Waals surface area contributed by atoms with Gasteiger partial charge in [-0.2, -0.15) is 8.42 Å². The van der Waals surface area contributed by atoms with Crippen LogP contribution in [0.15, 0.2) is 0 Å². The van der Waals surface area contributed by atoms with Gasteiger partial charge in [0.15, 0.2) is 0 Å². The Morgan fingerprint density at radius 2 is 1.80 bits per heavy atom. The van der Waals surface area contributed by atoms with Gasteiger partial charge in [-0.1, -0.05) is 0 Å².